The molecule has 4 nitrogen and oxygen atoms in total. The Morgan fingerprint density at radius 3 is 2.81 bits per heavy atom. The number of nitrogens with one attached hydrogen (secondary N) is 1. The zero-order chi connectivity index (χ0) is 11.4. The van der Waals surface area contributed by atoms with Crippen LogP contribution < -0.4 is 10.1 Å². The molecule has 4 heteroatoms. The molecule has 2 N–H and O–H groups in total. The van der Waals surface area contributed by atoms with Crippen molar-refractivity contribution in [3.63, 3.8) is 0 Å². The Bertz CT molecular complexity index is 372. The van der Waals surface area contributed by atoms with Crippen LogP contribution in [0.2, 0.25) is 0 Å². The number of ether oxygens (including phenoxy) is 1. The van der Waals surface area contributed by atoms with Crippen LogP contribution >= 0.6 is 0 Å². The minimum atomic E-state index is -0.921. The maximum absolute atomic E-state index is 10.8. The first-order chi connectivity index (χ1) is 7.75. The van der Waals surface area contributed by atoms with E-state index in [9.17, 15) is 4.79 Å². The van der Waals surface area contributed by atoms with Gasteiger partial charge in [-0.3, -0.25) is 0 Å². The fourth-order valence-electron chi connectivity index (χ4n) is 1.81. The summed E-state index contributed by atoms with van der Waals surface area (Å²) in [6, 6.07) is 6.65. The van der Waals surface area contributed by atoms with Gasteiger partial charge in [-0.1, -0.05) is 6.07 Å². The summed E-state index contributed by atoms with van der Waals surface area (Å²) < 4.78 is 5.74. The number of rotatable bonds is 3. The van der Waals surface area contributed by atoms with Crippen molar-refractivity contribution in [2.24, 2.45) is 0 Å². The summed E-state index contributed by atoms with van der Waals surface area (Å²) in [5.74, 6) is -0.275. The second-order valence-corrected chi connectivity index (χ2v) is 3.90. The molecule has 1 heterocycles. The number of carbonyl (C=O) groups is 1. The lowest BCUT2D eigenvalue weighted by atomic mass is 10.1. The third-order valence-corrected chi connectivity index (χ3v) is 2.67. The van der Waals surface area contributed by atoms with Gasteiger partial charge in [0.15, 0.2) is 0 Å². The van der Waals surface area contributed by atoms with Crippen molar-refractivity contribution in [2.75, 3.05) is 13.1 Å². The van der Waals surface area contributed by atoms with Crippen molar-refractivity contribution in [3.05, 3.63) is 29.8 Å². The second-order valence-electron chi connectivity index (χ2n) is 3.90. The molecule has 0 saturated carbocycles. The molecule has 86 valence electrons. The number of hydrogen-bond acceptors (Lipinski definition) is 3. The Labute approximate surface area is 94.2 Å². The SMILES string of the molecule is O=C(O)c1cccc(OC2CCNCC2)c1. The van der Waals surface area contributed by atoms with Gasteiger partial charge in [0.25, 0.3) is 0 Å². The van der Waals surface area contributed by atoms with Crippen LogP contribution in [0.25, 0.3) is 0 Å². The Kier molecular flexibility index (Phi) is 3.41. The Morgan fingerprint density at radius 1 is 1.38 bits per heavy atom. The monoisotopic (exact) mass is 221 g/mol. The van der Waals surface area contributed by atoms with E-state index < -0.39 is 5.97 Å². The smallest absolute Gasteiger partial charge is 0.335 e. The van der Waals surface area contributed by atoms with E-state index in [0.717, 1.165) is 25.9 Å². The minimum absolute atomic E-state index is 0.199. The molecule has 1 aromatic rings. The average Bonchev–Trinajstić information content (AvgIpc) is 2.30. The fourth-order valence-corrected chi connectivity index (χ4v) is 1.81. The van der Waals surface area contributed by atoms with E-state index in [0.29, 0.717) is 5.75 Å². The van der Waals surface area contributed by atoms with Crippen LogP contribution in [0.5, 0.6) is 5.75 Å². The van der Waals surface area contributed by atoms with Crippen molar-refractivity contribution in [1.82, 2.24) is 5.32 Å². The predicted molar refractivity (Wildman–Crippen MR) is 59.9 cm³/mol. The molecular weight excluding hydrogens is 206 g/mol. The minimum Gasteiger partial charge on any atom is -0.490 e. The summed E-state index contributed by atoms with van der Waals surface area (Å²) in [7, 11) is 0. The standard InChI is InChI=1S/C12H15NO3/c14-12(15)9-2-1-3-11(8-9)16-10-4-6-13-7-5-10/h1-3,8,10,13H,4-7H2,(H,14,15). The largest absolute Gasteiger partial charge is 0.490 e. The molecule has 0 atom stereocenters. The summed E-state index contributed by atoms with van der Waals surface area (Å²) in [6.07, 6.45) is 2.14. The molecule has 0 aromatic heterocycles. The zero-order valence-electron chi connectivity index (χ0n) is 8.98. The Balaban J connectivity index is 2.02. The molecule has 0 radical (unpaired) electrons. The van der Waals surface area contributed by atoms with Crippen LogP contribution in [-0.2, 0) is 0 Å². The lowest BCUT2D eigenvalue weighted by Gasteiger charge is -2.23. The molecule has 1 fully saturated rings. The first-order valence-corrected chi connectivity index (χ1v) is 5.46. The highest BCUT2D eigenvalue weighted by Crippen LogP contribution is 2.18. The summed E-state index contributed by atoms with van der Waals surface area (Å²) in [5.41, 5.74) is 0.270. The Hall–Kier alpha value is -1.55. The highest BCUT2D eigenvalue weighted by molar-refractivity contribution is 5.87. The molecule has 0 bridgehead atoms. The summed E-state index contributed by atoms with van der Waals surface area (Å²) in [4.78, 5) is 10.8. The van der Waals surface area contributed by atoms with Crippen molar-refractivity contribution in [2.45, 2.75) is 18.9 Å². The topological polar surface area (TPSA) is 58.6 Å². The van der Waals surface area contributed by atoms with Crippen molar-refractivity contribution >= 4 is 5.97 Å². The average molecular weight is 221 g/mol. The first kappa shape index (κ1) is 11.0. The zero-order valence-corrected chi connectivity index (χ0v) is 8.98. The molecule has 0 amide bonds. The molecule has 1 aliphatic rings. The van der Waals surface area contributed by atoms with Gasteiger partial charge >= 0.3 is 5.97 Å². The molecule has 0 spiro atoms. The summed E-state index contributed by atoms with van der Waals surface area (Å²) in [6.45, 7) is 1.92. The van der Waals surface area contributed by atoms with Crippen molar-refractivity contribution in [3.8, 4) is 5.75 Å². The summed E-state index contributed by atoms with van der Waals surface area (Å²) >= 11 is 0. The number of hydrogen-bond donors (Lipinski definition) is 2. The van der Waals surface area contributed by atoms with Gasteiger partial charge in [0, 0.05) is 0 Å². The first-order valence-electron chi connectivity index (χ1n) is 5.46. The van der Waals surface area contributed by atoms with E-state index >= 15 is 0 Å². The quantitative estimate of drug-likeness (QED) is 0.812. The maximum atomic E-state index is 10.8. The van der Waals surface area contributed by atoms with Crippen molar-refractivity contribution in [1.29, 1.82) is 0 Å². The maximum Gasteiger partial charge on any atom is 0.335 e. The molecule has 0 aliphatic carbocycles. The lowest BCUT2D eigenvalue weighted by Crippen LogP contribution is -2.34. The Morgan fingerprint density at radius 2 is 2.12 bits per heavy atom. The van der Waals surface area contributed by atoms with E-state index in [1.807, 2.05) is 0 Å². The third kappa shape index (κ3) is 2.73. The van der Waals surface area contributed by atoms with E-state index in [1.54, 1.807) is 24.3 Å². The summed E-state index contributed by atoms with van der Waals surface area (Å²) in [5, 5.41) is 12.1. The van der Waals surface area contributed by atoms with Gasteiger partial charge in [-0.15, -0.1) is 0 Å². The van der Waals surface area contributed by atoms with Crippen LogP contribution in [0.4, 0.5) is 0 Å². The fraction of sp³-hybridized carbons (Fsp3) is 0.417. The van der Waals surface area contributed by atoms with Gasteiger partial charge in [-0.2, -0.15) is 0 Å². The van der Waals surface area contributed by atoms with E-state index in [-0.39, 0.29) is 11.7 Å². The molecular formula is C12H15NO3. The van der Waals surface area contributed by atoms with Crippen LogP contribution in [-0.4, -0.2) is 30.3 Å². The number of benzene rings is 1. The van der Waals surface area contributed by atoms with E-state index in [2.05, 4.69) is 5.32 Å². The van der Waals surface area contributed by atoms with Crippen LogP contribution in [0.3, 0.4) is 0 Å². The van der Waals surface area contributed by atoms with Crippen LogP contribution in [0.1, 0.15) is 23.2 Å². The molecule has 1 aliphatic heterocycles. The predicted octanol–water partition coefficient (Wildman–Crippen LogP) is 1.52. The molecule has 1 saturated heterocycles. The third-order valence-electron chi connectivity index (χ3n) is 2.67. The molecule has 16 heavy (non-hydrogen) atoms. The number of carboxylic acid groups (broad SMARTS) is 1. The molecule has 2 rings (SSSR count). The van der Waals surface area contributed by atoms with Gasteiger partial charge in [-0.25, -0.2) is 4.79 Å². The van der Waals surface area contributed by atoms with Gasteiger partial charge < -0.3 is 15.2 Å². The van der Waals surface area contributed by atoms with Gasteiger partial charge in [0.1, 0.15) is 11.9 Å². The lowest BCUT2D eigenvalue weighted by molar-refractivity contribution is 0.0695. The number of piperidine rings is 1. The van der Waals surface area contributed by atoms with Crippen LogP contribution in [0.15, 0.2) is 24.3 Å². The van der Waals surface area contributed by atoms with E-state index in [1.165, 1.54) is 0 Å². The number of aromatic carboxylic acids is 1. The van der Waals surface area contributed by atoms with Gasteiger partial charge in [0.05, 0.1) is 5.56 Å². The van der Waals surface area contributed by atoms with Crippen LogP contribution in [0, 0.1) is 0 Å². The van der Waals surface area contributed by atoms with Gasteiger partial charge in [0.2, 0.25) is 0 Å². The number of carboxylic acids is 1. The highest BCUT2D eigenvalue weighted by Gasteiger charge is 2.14. The van der Waals surface area contributed by atoms with Gasteiger partial charge in [-0.05, 0) is 44.1 Å². The normalized spacial score (nSPS) is 17.0. The molecule has 1 aromatic carbocycles. The van der Waals surface area contributed by atoms with Crippen molar-refractivity contribution < 1.29 is 14.6 Å². The highest BCUT2D eigenvalue weighted by atomic mass is 16.5. The molecule has 0 unspecified atom stereocenters. The second kappa shape index (κ2) is 4.99. The van der Waals surface area contributed by atoms with E-state index in [4.69, 9.17) is 9.84 Å².